The van der Waals surface area contributed by atoms with E-state index in [0.717, 1.165) is 0 Å². The average molecular weight is 452 g/mol. The van der Waals surface area contributed by atoms with Gasteiger partial charge in [0.1, 0.15) is 42.3 Å². The van der Waals surface area contributed by atoms with Crippen molar-refractivity contribution in [3.63, 3.8) is 0 Å². The van der Waals surface area contributed by atoms with Crippen molar-refractivity contribution in [2.75, 3.05) is 26.5 Å². The van der Waals surface area contributed by atoms with Crippen LogP contribution in [0.5, 0.6) is 5.75 Å². The van der Waals surface area contributed by atoms with Crippen LogP contribution < -0.4 is 4.74 Å². The highest BCUT2D eigenvalue weighted by Crippen LogP contribution is 2.43. The number of amides is 1. The zero-order valence-corrected chi connectivity index (χ0v) is 18.1. The van der Waals surface area contributed by atoms with Gasteiger partial charge in [0.25, 0.3) is 5.91 Å². The van der Waals surface area contributed by atoms with Crippen LogP contribution in [0.1, 0.15) is 36.2 Å². The lowest BCUT2D eigenvalue weighted by Gasteiger charge is -2.42. The number of rotatable bonds is 5. The lowest BCUT2D eigenvalue weighted by Crippen LogP contribution is -2.53. The summed E-state index contributed by atoms with van der Waals surface area (Å²) in [7, 11) is 0. The maximum Gasteiger partial charge on any atom is 0.254 e. The van der Waals surface area contributed by atoms with Gasteiger partial charge in [0.2, 0.25) is 0 Å². The van der Waals surface area contributed by atoms with Gasteiger partial charge in [-0.25, -0.2) is 8.78 Å². The van der Waals surface area contributed by atoms with Gasteiger partial charge in [0, 0.05) is 18.5 Å². The third kappa shape index (κ3) is 4.54. The highest BCUT2D eigenvalue weighted by Gasteiger charge is 2.51. The van der Waals surface area contributed by atoms with E-state index in [4.69, 9.17) is 25.8 Å². The zero-order chi connectivity index (χ0) is 22.2. The Balaban J connectivity index is 1.48. The van der Waals surface area contributed by atoms with E-state index in [2.05, 4.69) is 0 Å². The van der Waals surface area contributed by atoms with Crippen molar-refractivity contribution in [1.82, 2.24) is 4.90 Å². The number of carbonyl (C=O) groups excluding carboxylic acids is 1. The molecule has 0 bridgehead atoms. The molecule has 2 aromatic carbocycles. The number of hydrogen-bond donors (Lipinski definition) is 0. The van der Waals surface area contributed by atoms with Crippen LogP contribution in [-0.2, 0) is 15.1 Å². The van der Waals surface area contributed by atoms with Crippen LogP contribution in [0.2, 0.25) is 5.02 Å². The van der Waals surface area contributed by atoms with E-state index >= 15 is 0 Å². The first-order valence-corrected chi connectivity index (χ1v) is 10.5. The molecule has 0 aliphatic carbocycles. The van der Waals surface area contributed by atoms with Crippen LogP contribution in [0.4, 0.5) is 8.78 Å². The van der Waals surface area contributed by atoms with Gasteiger partial charge in [-0.1, -0.05) is 23.7 Å². The number of hydrogen-bond acceptors (Lipinski definition) is 4. The second-order valence-corrected chi connectivity index (χ2v) is 8.88. The summed E-state index contributed by atoms with van der Waals surface area (Å²) in [4.78, 5) is 14.7. The molecule has 166 valence electrons. The summed E-state index contributed by atoms with van der Waals surface area (Å²) in [6.45, 7) is 3.49. The van der Waals surface area contributed by atoms with Crippen LogP contribution >= 0.6 is 11.6 Å². The molecule has 8 heteroatoms. The molecule has 2 aliphatic rings. The minimum Gasteiger partial charge on any atom is -0.489 e. The Morgan fingerprint density at radius 1 is 1.32 bits per heavy atom. The Bertz CT molecular complexity index is 980. The molecule has 0 radical (unpaired) electrons. The van der Waals surface area contributed by atoms with E-state index in [1.165, 1.54) is 32.0 Å². The fourth-order valence-corrected chi connectivity index (χ4v) is 4.24. The first-order chi connectivity index (χ1) is 14.7. The van der Waals surface area contributed by atoms with Gasteiger partial charge in [0.05, 0.1) is 11.6 Å². The molecule has 0 saturated carbocycles. The number of fused-ring (bicyclic) bond motifs is 1. The predicted octanol–water partition coefficient (Wildman–Crippen LogP) is 4.72. The van der Waals surface area contributed by atoms with Crippen LogP contribution in [0.3, 0.4) is 0 Å². The van der Waals surface area contributed by atoms with E-state index in [0.29, 0.717) is 36.4 Å². The number of benzene rings is 2. The van der Waals surface area contributed by atoms with Crippen molar-refractivity contribution in [2.45, 2.75) is 37.6 Å². The summed E-state index contributed by atoms with van der Waals surface area (Å²) in [6.07, 6.45) is 0.0739. The highest BCUT2D eigenvalue weighted by molar-refractivity contribution is 6.32. The number of nitrogens with zero attached hydrogens (tertiary/aromatic N) is 1. The molecule has 4 rings (SSSR count). The molecule has 1 amide bonds. The smallest absolute Gasteiger partial charge is 0.254 e. The van der Waals surface area contributed by atoms with E-state index in [1.54, 1.807) is 23.1 Å². The molecule has 0 aromatic heterocycles. The third-order valence-electron chi connectivity index (χ3n) is 5.60. The molecular weight excluding hydrogens is 428 g/mol. The van der Waals surface area contributed by atoms with Gasteiger partial charge in [-0.05, 0) is 49.7 Å². The fraction of sp³-hybridized carbons (Fsp3) is 0.435. The number of piperidine rings is 1. The Morgan fingerprint density at radius 3 is 2.84 bits per heavy atom. The van der Waals surface area contributed by atoms with Gasteiger partial charge in [-0.3, -0.25) is 4.79 Å². The Labute approximate surface area is 184 Å². The van der Waals surface area contributed by atoms with Crippen molar-refractivity contribution < 1.29 is 27.8 Å². The van der Waals surface area contributed by atoms with Crippen molar-refractivity contribution in [2.24, 2.45) is 0 Å². The van der Waals surface area contributed by atoms with Crippen LogP contribution in [0.25, 0.3) is 0 Å². The molecule has 31 heavy (non-hydrogen) atoms. The lowest BCUT2D eigenvalue weighted by atomic mass is 9.82. The molecule has 0 N–H and O–H groups in total. The molecule has 5 nitrogen and oxygen atoms in total. The number of alkyl halides is 1. The fourth-order valence-electron chi connectivity index (χ4n) is 4.01. The Morgan fingerprint density at radius 2 is 2.13 bits per heavy atom. The summed E-state index contributed by atoms with van der Waals surface area (Å²) >= 11 is 6.25. The van der Waals surface area contributed by atoms with E-state index in [1.807, 2.05) is 6.07 Å². The molecule has 2 fully saturated rings. The average Bonchev–Trinajstić information content (AvgIpc) is 3.16. The second kappa shape index (κ2) is 8.37. The van der Waals surface area contributed by atoms with Crippen molar-refractivity contribution in [3.05, 3.63) is 64.4 Å². The molecule has 2 saturated heterocycles. The standard InChI is InChI=1S/C23H24ClF2NO4/c1-22(2,26)13-29-19-7-6-15(10-18(19)24)21(28)27-9-8-23(20(12-27)30-14-31-23)16-4-3-5-17(25)11-16/h3-7,10-11,20H,8-9,12-14H2,1-2H3/t20-,23-/m0/s1. The number of halogens is 3. The minimum absolute atomic E-state index is 0.0893. The van der Waals surface area contributed by atoms with Gasteiger partial charge >= 0.3 is 0 Å². The maximum atomic E-state index is 13.8. The summed E-state index contributed by atoms with van der Waals surface area (Å²) in [6, 6.07) is 11.0. The first-order valence-electron chi connectivity index (χ1n) is 10.1. The lowest BCUT2D eigenvalue weighted by molar-refractivity contribution is -0.0441. The number of carbonyl (C=O) groups is 1. The van der Waals surface area contributed by atoms with Crippen LogP contribution in [0, 0.1) is 5.82 Å². The van der Waals surface area contributed by atoms with E-state index in [9.17, 15) is 13.6 Å². The number of likely N-dealkylation sites (tertiary alicyclic amines) is 1. The quantitative estimate of drug-likeness (QED) is 0.660. The first kappa shape index (κ1) is 22.0. The van der Waals surface area contributed by atoms with Crippen molar-refractivity contribution in [1.29, 1.82) is 0 Å². The maximum absolute atomic E-state index is 13.8. The molecule has 2 aromatic rings. The van der Waals surface area contributed by atoms with Gasteiger partial charge in [0.15, 0.2) is 0 Å². The largest absolute Gasteiger partial charge is 0.489 e. The minimum atomic E-state index is -1.50. The second-order valence-electron chi connectivity index (χ2n) is 8.47. The molecule has 0 spiro atoms. The SMILES string of the molecule is CC(C)(F)COc1ccc(C(=O)N2CC[C@@]3(c4cccc(F)c4)OCO[C@H]3C2)cc1Cl. The highest BCUT2D eigenvalue weighted by atomic mass is 35.5. The Kier molecular flexibility index (Phi) is 5.94. The molecule has 2 aliphatic heterocycles. The van der Waals surface area contributed by atoms with E-state index in [-0.39, 0.29) is 30.1 Å². The summed E-state index contributed by atoms with van der Waals surface area (Å²) in [5, 5.41) is 0.238. The topological polar surface area (TPSA) is 48.0 Å². The summed E-state index contributed by atoms with van der Waals surface area (Å²) in [5.41, 5.74) is -1.16. The summed E-state index contributed by atoms with van der Waals surface area (Å²) in [5.74, 6) is -0.226. The molecular formula is C23H24ClF2NO4. The van der Waals surface area contributed by atoms with Crippen molar-refractivity contribution >= 4 is 17.5 Å². The molecule has 2 atom stereocenters. The van der Waals surface area contributed by atoms with Gasteiger partial charge in [-0.15, -0.1) is 0 Å². The zero-order valence-electron chi connectivity index (χ0n) is 17.4. The van der Waals surface area contributed by atoms with Crippen LogP contribution in [-0.4, -0.2) is 49.1 Å². The third-order valence-corrected chi connectivity index (χ3v) is 5.89. The van der Waals surface area contributed by atoms with Crippen LogP contribution in [0.15, 0.2) is 42.5 Å². The van der Waals surface area contributed by atoms with Crippen molar-refractivity contribution in [3.8, 4) is 5.75 Å². The predicted molar refractivity (Wildman–Crippen MR) is 112 cm³/mol. The number of ether oxygens (including phenoxy) is 3. The Hall–Kier alpha value is -2.22. The normalized spacial score (nSPS) is 23.5. The van der Waals surface area contributed by atoms with Gasteiger partial charge in [-0.2, -0.15) is 0 Å². The van der Waals surface area contributed by atoms with Gasteiger partial charge < -0.3 is 19.1 Å². The monoisotopic (exact) mass is 451 g/mol. The summed E-state index contributed by atoms with van der Waals surface area (Å²) < 4.78 is 44.5. The van der Waals surface area contributed by atoms with E-state index < -0.39 is 17.4 Å². The molecule has 2 heterocycles. The molecule has 0 unspecified atom stereocenters.